The van der Waals surface area contributed by atoms with Gasteiger partial charge in [-0.15, -0.1) is 5.10 Å². The van der Waals surface area contributed by atoms with Gasteiger partial charge in [0.2, 0.25) is 11.7 Å². The number of hydrogen-bond donors (Lipinski definition) is 2. The van der Waals surface area contributed by atoms with Gasteiger partial charge < -0.3 is 15.0 Å². The van der Waals surface area contributed by atoms with Gasteiger partial charge in [0.1, 0.15) is 6.54 Å². The quantitative estimate of drug-likeness (QED) is 0.391. The molecule has 0 unspecified atom stereocenters. The van der Waals surface area contributed by atoms with Crippen molar-refractivity contribution in [3.8, 4) is 11.4 Å². The molecule has 1 fully saturated rings. The number of benzene rings is 2. The van der Waals surface area contributed by atoms with E-state index in [2.05, 4.69) is 15.4 Å². The number of hydrogen-bond acceptors (Lipinski definition) is 5. The third kappa shape index (κ3) is 5.41. The zero-order valence-corrected chi connectivity index (χ0v) is 19.9. The van der Waals surface area contributed by atoms with Gasteiger partial charge in [0.25, 0.3) is 5.56 Å². The highest BCUT2D eigenvalue weighted by molar-refractivity contribution is 5.90. The number of alkyl halides is 3. The molecule has 0 aliphatic heterocycles. The van der Waals surface area contributed by atoms with Crippen LogP contribution in [0.25, 0.3) is 17.2 Å². The molecule has 0 atom stereocenters. The van der Waals surface area contributed by atoms with E-state index in [-0.39, 0.29) is 18.0 Å². The van der Waals surface area contributed by atoms with Crippen molar-refractivity contribution in [1.29, 1.82) is 0 Å². The van der Waals surface area contributed by atoms with E-state index < -0.39 is 28.8 Å². The standard InChI is InChI=1S/C26H24F3N5O3/c1-16-14-22(36)34-24(33(16)15-21(35)30-20-8-6-19(7-9-20)26(27,28)29)31-23(32-34)18-4-2-17(3-5-18)10-11-25(37)12-13-25/h2-9,14,37H,10-13,15H2,1H3,(H,30,35). The second-order valence-corrected chi connectivity index (χ2v) is 9.40. The van der Waals surface area contributed by atoms with Gasteiger partial charge in [-0.3, -0.25) is 9.59 Å². The average Bonchev–Trinajstić information content (AvgIpc) is 3.41. The number of nitrogens with zero attached hydrogens (tertiary/aromatic N) is 4. The third-order valence-corrected chi connectivity index (χ3v) is 6.51. The molecule has 1 saturated carbocycles. The zero-order chi connectivity index (χ0) is 26.4. The topological polar surface area (TPSA) is 102 Å². The van der Waals surface area contributed by atoms with E-state index in [0.717, 1.165) is 41.5 Å². The van der Waals surface area contributed by atoms with Gasteiger partial charge in [0, 0.05) is 23.0 Å². The van der Waals surface area contributed by atoms with Crippen molar-refractivity contribution in [2.24, 2.45) is 0 Å². The van der Waals surface area contributed by atoms with Crippen LogP contribution in [0.15, 0.2) is 59.4 Å². The molecule has 192 valence electrons. The lowest BCUT2D eigenvalue weighted by atomic mass is 10.0. The summed E-state index contributed by atoms with van der Waals surface area (Å²) in [4.78, 5) is 29.7. The number of carbonyl (C=O) groups is 1. The average molecular weight is 512 g/mol. The third-order valence-electron chi connectivity index (χ3n) is 6.51. The first-order valence-electron chi connectivity index (χ1n) is 11.8. The van der Waals surface area contributed by atoms with E-state index in [1.165, 1.54) is 22.8 Å². The molecule has 0 spiro atoms. The maximum absolute atomic E-state index is 12.8. The van der Waals surface area contributed by atoms with E-state index in [1.54, 1.807) is 6.92 Å². The fourth-order valence-corrected chi connectivity index (χ4v) is 4.10. The largest absolute Gasteiger partial charge is 0.416 e. The van der Waals surface area contributed by atoms with Crippen LogP contribution in [0.2, 0.25) is 0 Å². The minimum atomic E-state index is -4.47. The Morgan fingerprint density at radius 2 is 1.78 bits per heavy atom. The Balaban J connectivity index is 1.36. The van der Waals surface area contributed by atoms with Gasteiger partial charge in [-0.1, -0.05) is 24.3 Å². The Bertz CT molecular complexity index is 1520. The maximum Gasteiger partial charge on any atom is 0.416 e. The Labute approximate surface area is 209 Å². The van der Waals surface area contributed by atoms with Crippen LogP contribution in [0.3, 0.4) is 0 Å². The van der Waals surface area contributed by atoms with Crippen LogP contribution >= 0.6 is 0 Å². The fourth-order valence-electron chi connectivity index (χ4n) is 4.10. The summed E-state index contributed by atoms with van der Waals surface area (Å²) in [7, 11) is 0. The number of fused-ring (bicyclic) bond motifs is 1. The van der Waals surface area contributed by atoms with E-state index in [9.17, 15) is 27.9 Å². The van der Waals surface area contributed by atoms with Crippen LogP contribution in [0.1, 0.15) is 36.1 Å². The van der Waals surface area contributed by atoms with E-state index in [1.807, 2.05) is 24.3 Å². The number of aromatic nitrogens is 4. The molecule has 11 heteroatoms. The summed E-state index contributed by atoms with van der Waals surface area (Å²) >= 11 is 0. The molecular weight excluding hydrogens is 487 g/mol. The second-order valence-electron chi connectivity index (χ2n) is 9.40. The molecule has 2 heterocycles. The molecule has 5 rings (SSSR count). The highest BCUT2D eigenvalue weighted by Gasteiger charge is 2.39. The van der Waals surface area contributed by atoms with Crippen LogP contribution in [-0.4, -0.2) is 35.8 Å². The fraction of sp³-hybridized carbons (Fsp3) is 0.308. The lowest BCUT2D eigenvalue weighted by Crippen LogP contribution is -2.25. The van der Waals surface area contributed by atoms with E-state index >= 15 is 0 Å². The van der Waals surface area contributed by atoms with Crippen molar-refractivity contribution >= 4 is 17.4 Å². The van der Waals surface area contributed by atoms with Gasteiger partial charge in [0.15, 0.2) is 5.82 Å². The number of anilines is 1. The minimum absolute atomic E-state index is 0.169. The Kier molecular flexibility index (Phi) is 6.10. The molecule has 37 heavy (non-hydrogen) atoms. The number of aryl methyl sites for hydroxylation is 2. The highest BCUT2D eigenvalue weighted by Crippen LogP contribution is 2.39. The van der Waals surface area contributed by atoms with Crippen molar-refractivity contribution in [1.82, 2.24) is 19.2 Å². The van der Waals surface area contributed by atoms with Crippen molar-refractivity contribution in [3.63, 3.8) is 0 Å². The maximum atomic E-state index is 12.8. The minimum Gasteiger partial charge on any atom is -0.390 e. The van der Waals surface area contributed by atoms with E-state index in [4.69, 9.17) is 0 Å². The van der Waals surface area contributed by atoms with Crippen LogP contribution < -0.4 is 10.9 Å². The monoisotopic (exact) mass is 511 g/mol. The van der Waals surface area contributed by atoms with Crippen molar-refractivity contribution in [2.45, 2.75) is 50.9 Å². The van der Waals surface area contributed by atoms with Gasteiger partial charge in [-0.25, -0.2) is 0 Å². The smallest absolute Gasteiger partial charge is 0.390 e. The van der Waals surface area contributed by atoms with Crippen LogP contribution in [-0.2, 0) is 23.9 Å². The zero-order valence-electron chi connectivity index (χ0n) is 19.9. The highest BCUT2D eigenvalue weighted by atomic mass is 19.4. The molecule has 2 N–H and O–H groups in total. The lowest BCUT2D eigenvalue weighted by molar-refractivity contribution is -0.137. The van der Waals surface area contributed by atoms with Crippen molar-refractivity contribution < 1.29 is 23.1 Å². The van der Waals surface area contributed by atoms with Crippen molar-refractivity contribution in [2.75, 3.05) is 5.32 Å². The summed E-state index contributed by atoms with van der Waals surface area (Å²) in [5.74, 6) is -0.0193. The summed E-state index contributed by atoms with van der Waals surface area (Å²) < 4.78 is 41.0. The summed E-state index contributed by atoms with van der Waals surface area (Å²) in [6, 6.07) is 13.0. The summed E-state index contributed by atoms with van der Waals surface area (Å²) in [6.07, 6.45) is -1.31. The number of amides is 1. The summed E-state index contributed by atoms with van der Waals surface area (Å²) in [5.41, 5.74) is 0.721. The number of halogens is 3. The number of nitrogens with one attached hydrogen (secondary N) is 1. The number of rotatable bonds is 7. The van der Waals surface area contributed by atoms with Crippen LogP contribution in [0.4, 0.5) is 18.9 Å². The second kappa shape index (κ2) is 9.15. The molecule has 0 saturated heterocycles. The van der Waals surface area contributed by atoms with Gasteiger partial charge >= 0.3 is 6.18 Å². The Hall–Kier alpha value is -3.99. The summed E-state index contributed by atoms with van der Waals surface area (Å²) in [6.45, 7) is 1.43. The first kappa shape index (κ1) is 24.7. The molecule has 1 amide bonds. The number of carbonyl (C=O) groups excluding carboxylic acids is 1. The van der Waals surface area contributed by atoms with Gasteiger partial charge in [0.05, 0.1) is 11.2 Å². The molecule has 1 aliphatic rings. The van der Waals surface area contributed by atoms with Crippen LogP contribution in [0, 0.1) is 6.92 Å². The SMILES string of the molecule is Cc1cc(=O)n2nc(-c3ccc(CCC4(O)CC4)cc3)nc2n1CC(=O)Nc1ccc(C(F)(F)F)cc1. The van der Waals surface area contributed by atoms with Gasteiger partial charge in [-0.2, -0.15) is 22.7 Å². The molecule has 0 bridgehead atoms. The predicted octanol–water partition coefficient (Wildman–Crippen LogP) is 3.98. The van der Waals surface area contributed by atoms with E-state index in [0.29, 0.717) is 23.5 Å². The molecule has 0 radical (unpaired) electrons. The number of aliphatic hydroxyl groups is 1. The molecule has 8 nitrogen and oxygen atoms in total. The van der Waals surface area contributed by atoms with Crippen molar-refractivity contribution in [3.05, 3.63) is 81.8 Å². The molecule has 2 aromatic carbocycles. The van der Waals surface area contributed by atoms with Crippen LogP contribution in [0.5, 0.6) is 0 Å². The molecule has 1 aliphatic carbocycles. The van der Waals surface area contributed by atoms with Gasteiger partial charge in [-0.05, 0) is 62.4 Å². The Morgan fingerprint density at radius 3 is 2.41 bits per heavy atom. The normalized spacial score (nSPS) is 14.6. The first-order valence-corrected chi connectivity index (χ1v) is 11.8. The lowest BCUT2D eigenvalue weighted by Gasteiger charge is -2.12. The molecular formula is C26H24F3N5O3. The molecule has 2 aromatic heterocycles. The predicted molar refractivity (Wildman–Crippen MR) is 130 cm³/mol. The Morgan fingerprint density at radius 1 is 1.11 bits per heavy atom. The molecule has 4 aromatic rings. The summed E-state index contributed by atoms with van der Waals surface area (Å²) in [5, 5.41) is 16.9. The first-order chi connectivity index (χ1) is 17.5.